The van der Waals surface area contributed by atoms with Gasteiger partial charge < -0.3 is 10.6 Å². The van der Waals surface area contributed by atoms with Crippen LogP contribution in [0.5, 0.6) is 0 Å². The Morgan fingerprint density at radius 2 is 2.11 bits per heavy atom. The average molecular weight is 271 g/mol. The first-order chi connectivity index (χ1) is 9.08. The molecule has 1 aliphatic rings. The van der Waals surface area contributed by atoms with E-state index in [2.05, 4.69) is 16.5 Å². The number of allylic oxidation sites excluding steroid dienone is 3. The Morgan fingerprint density at radius 3 is 2.58 bits per heavy atom. The van der Waals surface area contributed by atoms with Gasteiger partial charge in [-0.05, 0) is 38.9 Å². The molecule has 0 bridgehead atoms. The number of halogens is 2. The Balaban J connectivity index is 2.67. The minimum atomic E-state index is -2.49. The van der Waals surface area contributed by atoms with Gasteiger partial charge in [0.2, 0.25) is 0 Å². The molecule has 5 heteroatoms. The summed E-state index contributed by atoms with van der Waals surface area (Å²) in [6, 6.07) is 0. The lowest BCUT2D eigenvalue weighted by atomic mass is 9.93. The van der Waals surface area contributed by atoms with Crippen molar-refractivity contribution in [3.63, 3.8) is 0 Å². The lowest BCUT2D eigenvalue weighted by molar-refractivity contribution is 0.202. The van der Waals surface area contributed by atoms with Crippen LogP contribution in [-0.4, -0.2) is 43.2 Å². The van der Waals surface area contributed by atoms with E-state index in [0.29, 0.717) is 6.54 Å². The molecule has 0 amide bonds. The molecule has 0 aliphatic carbocycles. The summed E-state index contributed by atoms with van der Waals surface area (Å²) >= 11 is 0. The van der Waals surface area contributed by atoms with E-state index < -0.39 is 6.43 Å². The Morgan fingerprint density at radius 1 is 1.47 bits per heavy atom. The summed E-state index contributed by atoms with van der Waals surface area (Å²) in [5, 5.41) is 0. The SMILES string of the molecule is C=C/C=C(\N=C(/C)C(F)F)C1CCN(CCN)CC1. The average Bonchev–Trinajstić information content (AvgIpc) is 2.39. The molecule has 0 radical (unpaired) electrons. The van der Waals surface area contributed by atoms with Crippen LogP contribution in [-0.2, 0) is 0 Å². The molecule has 1 heterocycles. The largest absolute Gasteiger partial charge is 0.329 e. The predicted molar refractivity (Wildman–Crippen MR) is 75.6 cm³/mol. The number of nitrogens with two attached hydrogens (primary N) is 1. The zero-order chi connectivity index (χ0) is 14.3. The summed E-state index contributed by atoms with van der Waals surface area (Å²) in [6.07, 6.45) is 2.73. The fourth-order valence-electron chi connectivity index (χ4n) is 2.27. The molecule has 0 aromatic rings. The number of hydrogen-bond donors (Lipinski definition) is 1. The monoisotopic (exact) mass is 271 g/mol. The molecule has 0 saturated carbocycles. The number of alkyl halides is 2. The first-order valence-corrected chi connectivity index (χ1v) is 6.66. The third-order valence-electron chi connectivity index (χ3n) is 3.36. The highest BCUT2D eigenvalue weighted by Crippen LogP contribution is 2.26. The van der Waals surface area contributed by atoms with Crippen molar-refractivity contribution < 1.29 is 8.78 Å². The molecule has 3 nitrogen and oxygen atoms in total. The Kier molecular flexibility index (Phi) is 6.87. The molecule has 108 valence electrons. The van der Waals surface area contributed by atoms with Gasteiger partial charge >= 0.3 is 0 Å². The third-order valence-corrected chi connectivity index (χ3v) is 3.36. The van der Waals surface area contributed by atoms with Crippen molar-refractivity contribution in [3.05, 3.63) is 24.4 Å². The maximum absolute atomic E-state index is 12.6. The van der Waals surface area contributed by atoms with Crippen molar-refractivity contribution in [3.8, 4) is 0 Å². The van der Waals surface area contributed by atoms with Gasteiger partial charge in [-0.25, -0.2) is 8.78 Å². The van der Waals surface area contributed by atoms with E-state index in [1.54, 1.807) is 12.2 Å². The maximum Gasteiger partial charge on any atom is 0.276 e. The molecule has 2 N–H and O–H groups in total. The van der Waals surface area contributed by atoms with Crippen LogP contribution in [0.4, 0.5) is 8.78 Å². The molecular formula is C14H23F2N3. The summed E-state index contributed by atoms with van der Waals surface area (Å²) in [4.78, 5) is 6.37. The van der Waals surface area contributed by atoms with Crippen LogP contribution in [0, 0.1) is 5.92 Å². The van der Waals surface area contributed by atoms with E-state index in [1.807, 2.05) is 0 Å². The molecule has 1 saturated heterocycles. The molecule has 0 atom stereocenters. The summed E-state index contributed by atoms with van der Waals surface area (Å²) in [6.45, 7) is 8.44. The van der Waals surface area contributed by atoms with Crippen LogP contribution >= 0.6 is 0 Å². The highest BCUT2D eigenvalue weighted by Gasteiger charge is 2.22. The lowest BCUT2D eigenvalue weighted by Crippen LogP contribution is -2.37. The minimum Gasteiger partial charge on any atom is -0.329 e. The number of nitrogens with zero attached hydrogens (tertiary/aromatic N) is 2. The summed E-state index contributed by atoms with van der Waals surface area (Å²) in [7, 11) is 0. The second-order valence-electron chi connectivity index (χ2n) is 4.79. The fraction of sp³-hybridized carbons (Fsp3) is 0.643. The van der Waals surface area contributed by atoms with Crippen molar-refractivity contribution in [1.29, 1.82) is 0 Å². The molecule has 1 fully saturated rings. The molecule has 19 heavy (non-hydrogen) atoms. The Hall–Kier alpha value is -1.07. The smallest absolute Gasteiger partial charge is 0.276 e. The zero-order valence-corrected chi connectivity index (χ0v) is 11.5. The molecule has 1 rings (SSSR count). The number of likely N-dealkylation sites (tertiary alicyclic amines) is 1. The van der Waals surface area contributed by atoms with Gasteiger partial charge in [0.05, 0.1) is 5.71 Å². The highest BCUT2D eigenvalue weighted by molar-refractivity contribution is 5.85. The van der Waals surface area contributed by atoms with Gasteiger partial charge in [0.25, 0.3) is 6.43 Å². The van der Waals surface area contributed by atoms with Crippen LogP contribution < -0.4 is 5.73 Å². The first-order valence-electron chi connectivity index (χ1n) is 6.66. The van der Waals surface area contributed by atoms with E-state index in [-0.39, 0.29) is 11.6 Å². The van der Waals surface area contributed by atoms with Gasteiger partial charge in [-0.1, -0.05) is 12.7 Å². The topological polar surface area (TPSA) is 41.6 Å². The summed E-state index contributed by atoms with van der Waals surface area (Å²) in [5.41, 5.74) is 6.12. The second-order valence-corrected chi connectivity index (χ2v) is 4.79. The van der Waals surface area contributed by atoms with Crippen molar-refractivity contribution in [1.82, 2.24) is 4.90 Å². The summed E-state index contributed by atoms with van der Waals surface area (Å²) in [5.74, 6) is 0.237. The van der Waals surface area contributed by atoms with Crippen LogP contribution in [0.25, 0.3) is 0 Å². The van der Waals surface area contributed by atoms with Crippen molar-refractivity contribution >= 4 is 5.71 Å². The van der Waals surface area contributed by atoms with Gasteiger partial charge in [0.15, 0.2) is 0 Å². The third kappa shape index (κ3) is 5.20. The predicted octanol–water partition coefficient (Wildman–Crippen LogP) is 2.45. The molecule has 0 aromatic heterocycles. The van der Waals surface area contributed by atoms with Gasteiger partial charge in [0.1, 0.15) is 0 Å². The van der Waals surface area contributed by atoms with Crippen molar-refractivity contribution in [2.24, 2.45) is 16.6 Å². The minimum absolute atomic E-state index is 0.127. The first kappa shape index (κ1) is 16.0. The van der Waals surface area contributed by atoms with Crippen molar-refractivity contribution in [2.75, 3.05) is 26.2 Å². The van der Waals surface area contributed by atoms with E-state index in [1.165, 1.54) is 6.92 Å². The normalized spacial score (nSPS) is 20.1. The van der Waals surface area contributed by atoms with Crippen molar-refractivity contribution in [2.45, 2.75) is 26.2 Å². The number of aliphatic imine (C=N–C) groups is 1. The number of piperidine rings is 1. The molecule has 0 aromatic carbocycles. The maximum atomic E-state index is 12.6. The standard InChI is InChI=1S/C14H23F2N3/c1-3-4-13(18-11(2)14(15)16)12-5-8-19(9-6-12)10-7-17/h3-4,12,14H,1,5-10,17H2,2H3/b13-4-,18-11+. The van der Waals surface area contributed by atoms with Crippen LogP contribution in [0.3, 0.4) is 0 Å². The molecule has 1 aliphatic heterocycles. The van der Waals surface area contributed by atoms with E-state index in [9.17, 15) is 8.78 Å². The van der Waals surface area contributed by atoms with Crippen LogP contribution in [0.2, 0.25) is 0 Å². The number of hydrogen-bond acceptors (Lipinski definition) is 3. The number of rotatable bonds is 6. The van der Waals surface area contributed by atoms with Gasteiger partial charge in [0, 0.05) is 24.7 Å². The molecular weight excluding hydrogens is 248 g/mol. The van der Waals surface area contributed by atoms with Gasteiger partial charge in [-0.15, -0.1) is 0 Å². The van der Waals surface area contributed by atoms with E-state index in [0.717, 1.165) is 38.2 Å². The molecule has 0 spiro atoms. The quantitative estimate of drug-likeness (QED) is 0.595. The van der Waals surface area contributed by atoms with E-state index >= 15 is 0 Å². The summed E-state index contributed by atoms with van der Waals surface area (Å²) < 4.78 is 25.1. The van der Waals surface area contributed by atoms with Crippen LogP contribution in [0.1, 0.15) is 19.8 Å². The second kappa shape index (κ2) is 8.17. The highest BCUT2D eigenvalue weighted by atomic mass is 19.3. The van der Waals surface area contributed by atoms with Gasteiger partial charge in [-0.2, -0.15) is 0 Å². The fourth-order valence-corrected chi connectivity index (χ4v) is 2.27. The van der Waals surface area contributed by atoms with Gasteiger partial charge in [-0.3, -0.25) is 4.99 Å². The Labute approximate surface area is 113 Å². The zero-order valence-electron chi connectivity index (χ0n) is 11.5. The lowest BCUT2D eigenvalue weighted by Gasteiger charge is -2.31. The van der Waals surface area contributed by atoms with E-state index in [4.69, 9.17) is 5.73 Å². The Bertz CT molecular complexity index is 343. The molecule has 0 unspecified atom stereocenters. The van der Waals surface area contributed by atoms with Crippen LogP contribution in [0.15, 0.2) is 29.4 Å².